The van der Waals surface area contributed by atoms with E-state index in [-0.39, 0.29) is 11.5 Å². The lowest BCUT2D eigenvalue weighted by Crippen LogP contribution is -2.57. The van der Waals surface area contributed by atoms with Gasteiger partial charge in [0.25, 0.3) is 0 Å². The molecule has 1 aliphatic rings. The van der Waals surface area contributed by atoms with E-state index in [0.29, 0.717) is 5.56 Å². The minimum absolute atomic E-state index is 0.327. The Balaban J connectivity index is 2.06. The fourth-order valence-corrected chi connectivity index (χ4v) is 2.53. The first-order valence-electron chi connectivity index (χ1n) is 7.35. The van der Waals surface area contributed by atoms with Crippen LogP contribution < -0.4 is 0 Å². The zero-order chi connectivity index (χ0) is 18.8. The summed E-state index contributed by atoms with van der Waals surface area (Å²) in [6, 6.07) is 3.83. The van der Waals surface area contributed by atoms with Gasteiger partial charge in [0.15, 0.2) is 17.1 Å². The third kappa shape index (κ3) is 4.27. The number of aliphatic hydroxyl groups is 3. The molecule has 0 bridgehead atoms. The van der Waals surface area contributed by atoms with Crippen LogP contribution in [0.3, 0.4) is 0 Å². The van der Waals surface area contributed by atoms with E-state index in [1.165, 1.54) is 24.3 Å². The van der Waals surface area contributed by atoms with Crippen LogP contribution >= 0.6 is 0 Å². The third-order valence-electron chi connectivity index (χ3n) is 3.94. The Morgan fingerprint density at radius 3 is 2.44 bits per heavy atom. The fourth-order valence-electron chi connectivity index (χ4n) is 2.53. The van der Waals surface area contributed by atoms with Crippen LogP contribution in [-0.2, 0) is 14.3 Å². The summed E-state index contributed by atoms with van der Waals surface area (Å²) < 4.78 is 4.92. The largest absolute Gasteiger partial charge is 0.504 e. The Hall–Kier alpha value is -2.62. The van der Waals surface area contributed by atoms with Crippen LogP contribution in [0.25, 0.3) is 6.08 Å². The summed E-state index contributed by atoms with van der Waals surface area (Å²) in [5.74, 6) is -3.24. The van der Waals surface area contributed by atoms with Crippen molar-refractivity contribution in [3.63, 3.8) is 0 Å². The molecule has 0 aromatic heterocycles. The standard InChI is InChI=1S/C16H18O9/c17-9-3-1-8(5-10(9)18)2-4-13(20)25-12-7-16(24,15(22)23)6-11(19)14(12)21/h1-5,11-12,14,17-19,21,24H,6-7H2,(H,22,23)/b4-2+/t11?,12?,14-,16+/m1/s1. The van der Waals surface area contributed by atoms with Crippen molar-refractivity contribution >= 4 is 18.0 Å². The lowest BCUT2D eigenvalue weighted by molar-refractivity contribution is -0.196. The van der Waals surface area contributed by atoms with Gasteiger partial charge >= 0.3 is 11.9 Å². The van der Waals surface area contributed by atoms with Crippen molar-refractivity contribution in [3.8, 4) is 11.5 Å². The minimum atomic E-state index is -2.31. The van der Waals surface area contributed by atoms with Crippen LogP contribution in [0.4, 0.5) is 0 Å². The summed E-state index contributed by atoms with van der Waals surface area (Å²) >= 11 is 0. The highest BCUT2D eigenvalue weighted by Gasteiger charge is 2.50. The molecule has 0 radical (unpaired) electrons. The number of phenolic OH excluding ortho intramolecular Hbond substituents is 2. The van der Waals surface area contributed by atoms with Gasteiger partial charge in [-0.25, -0.2) is 9.59 Å². The molecule has 1 aliphatic carbocycles. The molecule has 1 saturated carbocycles. The molecule has 6 N–H and O–H groups in total. The quantitative estimate of drug-likeness (QED) is 0.234. The summed E-state index contributed by atoms with van der Waals surface area (Å²) in [6.45, 7) is 0. The predicted octanol–water partition coefficient (Wildman–Crippen LogP) is -0.646. The van der Waals surface area contributed by atoms with E-state index in [1.54, 1.807) is 0 Å². The number of hydrogen-bond donors (Lipinski definition) is 6. The first-order chi connectivity index (χ1) is 11.6. The van der Waals surface area contributed by atoms with Crippen molar-refractivity contribution in [2.24, 2.45) is 0 Å². The predicted molar refractivity (Wildman–Crippen MR) is 82.5 cm³/mol. The van der Waals surface area contributed by atoms with Gasteiger partial charge in [-0.05, 0) is 23.8 Å². The molecular formula is C16H18O9. The number of carboxylic acid groups (broad SMARTS) is 1. The van der Waals surface area contributed by atoms with Gasteiger partial charge in [-0.2, -0.15) is 0 Å². The van der Waals surface area contributed by atoms with E-state index < -0.39 is 48.7 Å². The number of carbonyl (C=O) groups excluding carboxylic acids is 1. The Labute approximate surface area is 142 Å². The SMILES string of the molecule is O=C(/C=C/c1ccc(O)c(O)c1)OC1C[C@](O)(C(=O)O)CC(O)[C@H]1O. The zero-order valence-electron chi connectivity index (χ0n) is 12.9. The fraction of sp³-hybridized carbons (Fsp3) is 0.375. The normalized spacial score (nSPS) is 29.5. The van der Waals surface area contributed by atoms with Gasteiger partial charge in [0, 0.05) is 18.9 Å². The Kier molecular flexibility index (Phi) is 5.31. The van der Waals surface area contributed by atoms with Crippen molar-refractivity contribution in [1.82, 2.24) is 0 Å². The van der Waals surface area contributed by atoms with Crippen molar-refractivity contribution in [2.75, 3.05) is 0 Å². The number of aliphatic carboxylic acids is 1. The maximum atomic E-state index is 11.8. The first kappa shape index (κ1) is 18.7. The lowest BCUT2D eigenvalue weighted by atomic mass is 9.79. The van der Waals surface area contributed by atoms with Crippen molar-refractivity contribution in [1.29, 1.82) is 0 Å². The van der Waals surface area contributed by atoms with Gasteiger partial charge in [-0.1, -0.05) is 6.07 Å². The van der Waals surface area contributed by atoms with E-state index in [1.807, 2.05) is 0 Å². The molecule has 0 heterocycles. The molecule has 0 spiro atoms. The van der Waals surface area contributed by atoms with Crippen molar-refractivity contribution in [3.05, 3.63) is 29.8 Å². The van der Waals surface area contributed by atoms with Gasteiger partial charge in [-0.3, -0.25) is 0 Å². The molecule has 25 heavy (non-hydrogen) atoms. The smallest absolute Gasteiger partial charge is 0.335 e. The second-order valence-electron chi connectivity index (χ2n) is 5.86. The molecule has 2 rings (SSSR count). The Morgan fingerprint density at radius 1 is 1.16 bits per heavy atom. The molecule has 4 atom stereocenters. The summed E-state index contributed by atoms with van der Waals surface area (Å²) in [5.41, 5.74) is -1.94. The summed E-state index contributed by atoms with van der Waals surface area (Å²) in [4.78, 5) is 22.9. The Bertz CT molecular complexity index is 699. The summed E-state index contributed by atoms with van der Waals surface area (Å²) in [7, 11) is 0. The van der Waals surface area contributed by atoms with Crippen LogP contribution in [-0.4, -0.2) is 66.5 Å². The molecule has 0 aliphatic heterocycles. The topological polar surface area (TPSA) is 165 Å². The molecule has 1 aromatic carbocycles. The van der Waals surface area contributed by atoms with Crippen LogP contribution in [0.2, 0.25) is 0 Å². The van der Waals surface area contributed by atoms with Crippen LogP contribution in [0.15, 0.2) is 24.3 Å². The van der Waals surface area contributed by atoms with Gasteiger partial charge in [0.1, 0.15) is 12.2 Å². The van der Waals surface area contributed by atoms with E-state index in [0.717, 1.165) is 6.08 Å². The van der Waals surface area contributed by atoms with E-state index >= 15 is 0 Å². The maximum Gasteiger partial charge on any atom is 0.335 e. The van der Waals surface area contributed by atoms with Crippen molar-refractivity contribution < 1.29 is 45.0 Å². The first-order valence-corrected chi connectivity index (χ1v) is 7.35. The van der Waals surface area contributed by atoms with Gasteiger partial charge < -0.3 is 35.4 Å². The zero-order valence-corrected chi connectivity index (χ0v) is 12.9. The third-order valence-corrected chi connectivity index (χ3v) is 3.94. The summed E-state index contributed by atoms with van der Waals surface area (Å²) in [6.07, 6.45) is -3.44. The van der Waals surface area contributed by atoms with E-state index in [2.05, 4.69) is 0 Å². The average Bonchev–Trinajstić information content (AvgIpc) is 2.53. The molecule has 136 valence electrons. The number of hydrogen-bond acceptors (Lipinski definition) is 8. The molecule has 1 aromatic rings. The lowest BCUT2D eigenvalue weighted by Gasteiger charge is -2.39. The number of benzene rings is 1. The van der Waals surface area contributed by atoms with E-state index in [9.17, 15) is 35.1 Å². The second-order valence-corrected chi connectivity index (χ2v) is 5.86. The van der Waals surface area contributed by atoms with Gasteiger partial charge in [-0.15, -0.1) is 0 Å². The van der Waals surface area contributed by atoms with Crippen LogP contribution in [0.1, 0.15) is 18.4 Å². The number of aliphatic hydroxyl groups excluding tert-OH is 2. The number of rotatable bonds is 4. The average molecular weight is 354 g/mol. The number of ether oxygens (including phenoxy) is 1. The molecule has 0 saturated heterocycles. The molecule has 9 nitrogen and oxygen atoms in total. The van der Waals surface area contributed by atoms with Gasteiger partial charge in [0.05, 0.1) is 6.10 Å². The molecule has 9 heteroatoms. The highest BCUT2D eigenvalue weighted by Crippen LogP contribution is 2.31. The number of phenols is 2. The number of carboxylic acids is 1. The van der Waals surface area contributed by atoms with Crippen LogP contribution in [0.5, 0.6) is 11.5 Å². The number of aromatic hydroxyl groups is 2. The van der Waals surface area contributed by atoms with Crippen LogP contribution in [0, 0.1) is 0 Å². The maximum absolute atomic E-state index is 11.8. The number of carbonyl (C=O) groups is 2. The van der Waals surface area contributed by atoms with E-state index in [4.69, 9.17) is 9.84 Å². The Morgan fingerprint density at radius 2 is 1.84 bits per heavy atom. The second kappa shape index (κ2) is 7.09. The highest BCUT2D eigenvalue weighted by atomic mass is 16.6. The number of esters is 1. The van der Waals surface area contributed by atoms with Crippen molar-refractivity contribution in [2.45, 2.75) is 36.8 Å². The molecular weight excluding hydrogens is 336 g/mol. The molecule has 0 amide bonds. The molecule has 1 fully saturated rings. The highest BCUT2D eigenvalue weighted by molar-refractivity contribution is 5.87. The monoisotopic (exact) mass is 354 g/mol. The minimum Gasteiger partial charge on any atom is -0.504 e. The molecule has 2 unspecified atom stereocenters. The summed E-state index contributed by atoms with van der Waals surface area (Å²) in [5, 5.41) is 57.0. The van der Waals surface area contributed by atoms with Gasteiger partial charge in [0.2, 0.25) is 0 Å².